The van der Waals surface area contributed by atoms with Gasteiger partial charge < -0.3 is 10.0 Å². The van der Waals surface area contributed by atoms with E-state index in [-0.39, 0.29) is 17.6 Å². The molecule has 1 saturated heterocycles. The third kappa shape index (κ3) is 3.33. The van der Waals surface area contributed by atoms with Gasteiger partial charge in [0.1, 0.15) is 11.4 Å². The average molecular weight is 297 g/mol. The summed E-state index contributed by atoms with van der Waals surface area (Å²) in [5, 5.41) is 10.1. The molecule has 1 aromatic rings. The first-order valence-corrected chi connectivity index (χ1v) is 7.78. The second-order valence-electron chi connectivity index (χ2n) is 5.54. The topological polar surface area (TPSA) is 40.5 Å². The Labute approximate surface area is 123 Å². The molecule has 1 aliphatic rings. The number of nitrogens with zero attached hydrogens (tertiary/aromatic N) is 1. The molecule has 3 nitrogen and oxygen atoms in total. The van der Waals surface area contributed by atoms with Gasteiger partial charge in [-0.15, -0.1) is 11.8 Å². The smallest absolute Gasteiger partial charge is 0.223 e. The molecule has 110 valence electrons. The van der Waals surface area contributed by atoms with Crippen molar-refractivity contribution < 1.29 is 14.3 Å². The van der Waals surface area contributed by atoms with Crippen molar-refractivity contribution in [2.45, 2.75) is 30.8 Å². The zero-order chi connectivity index (χ0) is 14.8. The maximum atomic E-state index is 13.4. The maximum Gasteiger partial charge on any atom is 0.223 e. The zero-order valence-electron chi connectivity index (χ0n) is 11.8. The number of hydrogen-bond acceptors (Lipinski definition) is 3. The van der Waals surface area contributed by atoms with Crippen molar-refractivity contribution in [2.24, 2.45) is 5.92 Å². The molecular weight excluding hydrogens is 277 g/mol. The summed E-state index contributed by atoms with van der Waals surface area (Å²) < 4.78 is 13.4. The molecule has 0 atom stereocenters. The Hall–Kier alpha value is -1.07. The highest BCUT2D eigenvalue weighted by molar-refractivity contribution is 7.99. The van der Waals surface area contributed by atoms with Gasteiger partial charge in [-0.2, -0.15) is 0 Å². The minimum absolute atomic E-state index is 0.0270. The predicted octanol–water partition coefficient (Wildman–Crippen LogP) is 2.54. The molecule has 5 heteroatoms. The molecule has 0 aromatic heterocycles. The Balaban J connectivity index is 1.74. The highest BCUT2D eigenvalue weighted by Gasteiger charge is 2.45. The number of carbonyl (C=O) groups excluding carboxylic acids is 1. The number of rotatable bonds is 5. The van der Waals surface area contributed by atoms with Gasteiger partial charge in [0.25, 0.3) is 0 Å². The van der Waals surface area contributed by atoms with Crippen LogP contribution >= 0.6 is 11.8 Å². The van der Waals surface area contributed by atoms with Crippen LogP contribution in [0.25, 0.3) is 0 Å². The van der Waals surface area contributed by atoms with Crippen LogP contribution in [0.15, 0.2) is 29.2 Å². The number of likely N-dealkylation sites (tertiary alicyclic amines) is 1. The molecule has 2 rings (SSSR count). The van der Waals surface area contributed by atoms with E-state index in [9.17, 15) is 14.3 Å². The van der Waals surface area contributed by atoms with Crippen LogP contribution in [0.2, 0.25) is 0 Å². The van der Waals surface area contributed by atoms with Crippen LogP contribution in [0.3, 0.4) is 0 Å². The van der Waals surface area contributed by atoms with Gasteiger partial charge in [-0.1, -0.05) is 26.0 Å². The standard InChI is InChI=1S/C15H20FNO2S/c1-11(2)15(19)9-17(10-15)14(18)7-8-20-13-6-4-3-5-12(13)16/h3-6,11,19H,7-10H2,1-2H3. The Bertz CT molecular complexity index is 487. The Kier molecular flexibility index (Phi) is 4.70. The van der Waals surface area contributed by atoms with E-state index in [2.05, 4.69) is 0 Å². The fourth-order valence-electron chi connectivity index (χ4n) is 2.12. The molecule has 0 bridgehead atoms. The molecule has 1 aliphatic heterocycles. The molecule has 0 saturated carbocycles. The Morgan fingerprint density at radius 2 is 2.10 bits per heavy atom. The van der Waals surface area contributed by atoms with Crippen LogP contribution in [0, 0.1) is 11.7 Å². The van der Waals surface area contributed by atoms with E-state index in [1.165, 1.54) is 17.8 Å². The van der Waals surface area contributed by atoms with Crippen LogP contribution in [-0.2, 0) is 4.79 Å². The highest BCUT2D eigenvalue weighted by Crippen LogP contribution is 2.29. The summed E-state index contributed by atoms with van der Waals surface area (Å²) in [7, 11) is 0. The van der Waals surface area contributed by atoms with Crippen molar-refractivity contribution in [3.05, 3.63) is 30.1 Å². The zero-order valence-corrected chi connectivity index (χ0v) is 12.6. The van der Waals surface area contributed by atoms with Crippen molar-refractivity contribution in [3.63, 3.8) is 0 Å². The average Bonchev–Trinajstić information content (AvgIpc) is 2.36. The summed E-state index contributed by atoms with van der Waals surface area (Å²) in [6.07, 6.45) is 0.368. The van der Waals surface area contributed by atoms with Crippen LogP contribution in [0.4, 0.5) is 4.39 Å². The summed E-state index contributed by atoms with van der Waals surface area (Å²) in [5.41, 5.74) is -0.728. The van der Waals surface area contributed by atoms with Crippen LogP contribution in [-0.4, -0.2) is 40.4 Å². The molecule has 0 spiro atoms. The molecule has 1 N–H and O–H groups in total. The monoisotopic (exact) mass is 297 g/mol. The van der Waals surface area contributed by atoms with Crippen molar-refractivity contribution in [1.29, 1.82) is 0 Å². The first-order valence-electron chi connectivity index (χ1n) is 6.80. The molecule has 1 amide bonds. The number of halogens is 1. The molecule has 1 fully saturated rings. The van der Waals surface area contributed by atoms with Gasteiger partial charge >= 0.3 is 0 Å². The Morgan fingerprint density at radius 1 is 1.45 bits per heavy atom. The Morgan fingerprint density at radius 3 is 2.70 bits per heavy atom. The number of amides is 1. The maximum absolute atomic E-state index is 13.4. The summed E-state index contributed by atoms with van der Waals surface area (Å²) >= 11 is 1.35. The second-order valence-corrected chi connectivity index (χ2v) is 6.67. The number of benzene rings is 1. The van der Waals surface area contributed by atoms with Crippen molar-refractivity contribution >= 4 is 17.7 Å². The minimum Gasteiger partial charge on any atom is -0.386 e. The molecule has 0 radical (unpaired) electrons. The van der Waals surface area contributed by atoms with E-state index in [1.807, 2.05) is 13.8 Å². The molecule has 0 aliphatic carbocycles. The normalized spacial score (nSPS) is 17.1. The summed E-state index contributed by atoms with van der Waals surface area (Å²) in [4.78, 5) is 14.2. The van der Waals surface area contributed by atoms with Gasteiger partial charge in [-0.25, -0.2) is 4.39 Å². The number of β-amino-alcohol motifs (C(OH)–C–C–N with tert-alkyl or cyclic N) is 1. The first-order chi connectivity index (χ1) is 9.42. The summed E-state index contributed by atoms with van der Waals surface area (Å²) in [5.74, 6) is 0.484. The van der Waals surface area contributed by atoms with Gasteiger partial charge in [-0.3, -0.25) is 4.79 Å². The third-order valence-corrected chi connectivity index (χ3v) is 4.82. The van der Waals surface area contributed by atoms with Gasteiger partial charge in [-0.05, 0) is 18.1 Å². The van der Waals surface area contributed by atoms with Crippen molar-refractivity contribution in [2.75, 3.05) is 18.8 Å². The number of carbonyl (C=O) groups is 1. The van der Waals surface area contributed by atoms with Crippen molar-refractivity contribution in [3.8, 4) is 0 Å². The van der Waals surface area contributed by atoms with E-state index in [0.29, 0.717) is 30.2 Å². The van der Waals surface area contributed by atoms with Crippen LogP contribution in [0.1, 0.15) is 20.3 Å². The number of aliphatic hydroxyl groups is 1. The molecule has 20 heavy (non-hydrogen) atoms. The van der Waals surface area contributed by atoms with Gasteiger partial charge in [0, 0.05) is 17.1 Å². The third-order valence-electron chi connectivity index (χ3n) is 3.77. The first kappa shape index (κ1) is 15.3. The summed E-state index contributed by atoms with van der Waals surface area (Å²) in [6.45, 7) is 4.73. The SMILES string of the molecule is CC(C)C1(O)CN(C(=O)CCSc2ccccc2F)C1. The van der Waals surface area contributed by atoms with E-state index in [1.54, 1.807) is 23.1 Å². The fraction of sp³-hybridized carbons (Fsp3) is 0.533. The fourth-order valence-corrected chi connectivity index (χ4v) is 3.00. The van der Waals surface area contributed by atoms with Crippen molar-refractivity contribution in [1.82, 2.24) is 4.90 Å². The van der Waals surface area contributed by atoms with E-state index >= 15 is 0 Å². The quantitative estimate of drug-likeness (QED) is 0.849. The van der Waals surface area contributed by atoms with E-state index < -0.39 is 5.60 Å². The molecular formula is C15H20FNO2S. The lowest BCUT2D eigenvalue weighted by atomic mass is 9.83. The van der Waals surface area contributed by atoms with Crippen LogP contribution in [0.5, 0.6) is 0 Å². The van der Waals surface area contributed by atoms with Gasteiger partial charge in [0.05, 0.1) is 13.1 Å². The van der Waals surface area contributed by atoms with Crippen LogP contribution < -0.4 is 0 Å². The number of thioether (sulfide) groups is 1. The lowest BCUT2D eigenvalue weighted by molar-refractivity contribution is -0.163. The number of hydrogen-bond donors (Lipinski definition) is 1. The predicted molar refractivity (Wildman–Crippen MR) is 78.1 cm³/mol. The largest absolute Gasteiger partial charge is 0.386 e. The van der Waals surface area contributed by atoms with E-state index in [0.717, 1.165) is 0 Å². The lowest BCUT2D eigenvalue weighted by Crippen LogP contribution is -2.66. The second kappa shape index (κ2) is 6.14. The minimum atomic E-state index is -0.728. The van der Waals surface area contributed by atoms with E-state index in [4.69, 9.17) is 0 Å². The highest BCUT2D eigenvalue weighted by atomic mass is 32.2. The molecule has 0 unspecified atom stereocenters. The molecule has 1 heterocycles. The summed E-state index contributed by atoms with van der Waals surface area (Å²) in [6, 6.07) is 6.57. The van der Waals surface area contributed by atoms with Gasteiger partial charge in [0.2, 0.25) is 5.91 Å². The molecule has 1 aromatic carbocycles. The lowest BCUT2D eigenvalue weighted by Gasteiger charge is -2.49. The van der Waals surface area contributed by atoms with Gasteiger partial charge in [0.15, 0.2) is 0 Å².